The largest absolute Gasteiger partial charge is 0.480 e. The average molecular weight is 157 g/mol. The van der Waals surface area contributed by atoms with E-state index < -0.39 is 23.8 Å². The Morgan fingerprint density at radius 2 is 2.36 bits per heavy atom. The molecule has 1 heterocycles. The number of hydrogen-bond donors (Lipinski definition) is 2. The summed E-state index contributed by atoms with van der Waals surface area (Å²) in [5.41, 5.74) is 0. The van der Waals surface area contributed by atoms with Crippen molar-refractivity contribution in [3.63, 3.8) is 0 Å². The fraction of sp³-hybridized carbons (Fsp3) is 0.500. The number of carboxylic acid groups (broad SMARTS) is 1. The second kappa shape index (κ2) is 2.79. The molecule has 5 nitrogen and oxygen atoms in total. The van der Waals surface area contributed by atoms with Gasteiger partial charge in [-0.15, -0.1) is 0 Å². The highest BCUT2D eigenvalue weighted by Gasteiger charge is 2.32. The second-order valence-corrected chi connectivity index (χ2v) is 2.25. The van der Waals surface area contributed by atoms with Crippen LogP contribution in [0.1, 0.15) is 0 Å². The van der Waals surface area contributed by atoms with E-state index in [9.17, 15) is 9.59 Å². The van der Waals surface area contributed by atoms with E-state index in [0.717, 1.165) is 6.21 Å². The van der Waals surface area contributed by atoms with Gasteiger partial charge in [0.15, 0.2) is 11.7 Å². The molecule has 0 aliphatic carbocycles. The summed E-state index contributed by atoms with van der Waals surface area (Å²) >= 11 is 0. The fourth-order valence-corrected chi connectivity index (χ4v) is 0.822. The summed E-state index contributed by atoms with van der Waals surface area (Å²) in [6.45, 7) is -0.0252. The van der Waals surface area contributed by atoms with Gasteiger partial charge in [-0.2, -0.15) is 0 Å². The first kappa shape index (κ1) is 7.87. The molecule has 1 aliphatic rings. The topological polar surface area (TPSA) is 87.0 Å². The summed E-state index contributed by atoms with van der Waals surface area (Å²) in [4.78, 5) is 24.7. The third-order valence-electron chi connectivity index (χ3n) is 1.43. The lowest BCUT2D eigenvalue weighted by molar-refractivity contribution is -0.146. The predicted octanol–water partition coefficient (Wildman–Crippen LogP) is -1.30. The Morgan fingerprint density at radius 1 is 1.73 bits per heavy atom. The zero-order valence-electron chi connectivity index (χ0n) is 5.60. The van der Waals surface area contributed by atoms with Crippen LogP contribution in [0.25, 0.3) is 0 Å². The molecule has 0 aromatic rings. The molecular weight excluding hydrogens is 150 g/mol. The minimum atomic E-state index is -1.27. The van der Waals surface area contributed by atoms with E-state index in [0.29, 0.717) is 0 Å². The summed E-state index contributed by atoms with van der Waals surface area (Å²) in [6.07, 6.45) is -0.196. The molecule has 11 heavy (non-hydrogen) atoms. The number of Topliss-reactive ketones (excluding diaryl/α,β-unsaturated/α-hetero) is 1. The molecule has 0 aromatic heterocycles. The van der Waals surface area contributed by atoms with Crippen LogP contribution in [-0.2, 0) is 9.59 Å². The van der Waals surface area contributed by atoms with E-state index in [-0.39, 0.29) is 6.54 Å². The molecule has 0 spiro atoms. The van der Waals surface area contributed by atoms with Crippen LogP contribution in [0.2, 0.25) is 0 Å². The van der Waals surface area contributed by atoms with E-state index in [1.807, 2.05) is 0 Å². The first-order chi connectivity index (χ1) is 5.13. The Morgan fingerprint density at radius 3 is 2.82 bits per heavy atom. The molecule has 2 atom stereocenters. The summed E-state index contributed by atoms with van der Waals surface area (Å²) in [5, 5.41) is 17.3. The monoisotopic (exact) mass is 157 g/mol. The highest BCUT2D eigenvalue weighted by molar-refractivity contribution is 6.13. The second-order valence-electron chi connectivity index (χ2n) is 2.25. The van der Waals surface area contributed by atoms with Crippen molar-refractivity contribution in [1.82, 2.24) is 0 Å². The highest BCUT2D eigenvalue weighted by Crippen LogP contribution is 2.05. The van der Waals surface area contributed by atoms with Gasteiger partial charge in [0.2, 0.25) is 0 Å². The molecule has 0 bridgehead atoms. The lowest BCUT2D eigenvalue weighted by atomic mass is 9.99. The third kappa shape index (κ3) is 1.43. The van der Waals surface area contributed by atoms with E-state index >= 15 is 0 Å². The van der Waals surface area contributed by atoms with Gasteiger partial charge in [0.05, 0.1) is 6.54 Å². The van der Waals surface area contributed by atoms with Gasteiger partial charge in [0, 0.05) is 6.21 Å². The van der Waals surface area contributed by atoms with Crippen LogP contribution >= 0.6 is 0 Å². The molecule has 0 saturated heterocycles. The predicted molar refractivity (Wildman–Crippen MR) is 35.5 cm³/mol. The van der Waals surface area contributed by atoms with Crippen LogP contribution in [-0.4, -0.2) is 40.8 Å². The Labute approximate surface area is 62.4 Å². The third-order valence-corrected chi connectivity index (χ3v) is 1.43. The van der Waals surface area contributed by atoms with Crippen LogP contribution in [0.4, 0.5) is 0 Å². The molecule has 1 aliphatic heterocycles. The number of hydrogen-bond acceptors (Lipinski definition) is 4. The Kier molecular flexibility index (Phi) is 2.00. The molecule has 2 unspecified atom stereocenters. The normalized spacial score (nSPS) is 30.5. The smallest absolute Gasteiger partial charge is 0.319 e. The number of carbonyl (C=O) groups excluding carboxylic acids is 1. The van der Waals surface area contributed by atoms with Gasteiger partial charge < -0.3 is 10.2 Å². The Hall–Kier alpha value is -1.23. The van der Waals surface area contributed by atoms with E-state index in [2.05, 4.69) is 4.99 Å². The van der Waals surface area contributed by atoms with Gasteiger partial charge in [0.1, 0.15) is 6.10 Å². The number of aliphatic hydroxyl groups is 1. The molecule has 60 valence electrons. The average Bonchev–Trinajstić information content (AvgIpc) is 1.94. The summed E-state index contributed by atoms with van der Waals surface area (Å²) in [6, 6.07) is 0. The first-order valence-electron chi connectivity index (χ1n) is 3.07. The number of ketones is 1. The van der Waals surface area contributed by atoms with E-state index in [1.54, 1.807) is 0 Å². The van der Waals surface area contributed by atoms with Crippen LogP contribution in [0.5, 0.6) is 0 Å². The number of nitrogens with zero attached hydrogens (tertiary/aromatic N) is 1. The van der Waals surface area contributed by atoms with Crippen molar-refractivity contribution in [2.45, 2.75) is 6.10 Å². The lowest BCUT2D eigenvalue weighted by Gasteiger charge is -2.14. The van der Waals surface area contributed by atoms with Crippen LogP contribution < -0.4 is 0 Å². The van der Waals surface area contributed by atoms with E-state index in [1.165, 1.54) is 0 Å². The molecule has 5 heteroatoms. The molecule has 0 aromatic carbocycles. The Balaban J connectivity index is 2.81. The fourth-order valence-electron chi connectivity index (χ4n) is 0.822. The highest BCUT2D eigenvalue weighted by atomic mass is 16.4. The van der Waals surface area contributed by atoms with Gasteiger partial charge in [-0.05, 0) is 0 Å². The zero-order valence-corrected chi connectivity index (χ0v) is 5.60. The maximum atomic E-state index is 10.8. The minimum Gasteiger partial charge on any atom is -0.480 e. The van der Waals surface area contributed by atoms with Crippen molar-refractivity contribution in [3.05, 3.63) is 0 Å². The van der Waals surface area contributed by atoms with Crippen LogP contribution in [0.15, 0.2) is 4.99 Å². The molecule has 2 N–H and O–H groups in total. The van der Waals surface area contributed by atoms with Crippen LogP contribution in [0.3, 0.4) is 0 Å². The minimum absolute atomic E-state index is 0.0252. The molecule has 1 rings (SSSR count). The zero-order chi connectivity index (χ0) is 8.43. The molecule has 0 saturated carbocycles. The maximum Gasteiger partial charge on any atom is 0.319 e. The summed E-state index contributed by atoms with van der Waals surface area (Å²) in [5.74, 6) is -3.22. The molecule has 0 radical (unpaired) electrons. The number of carboxylic acids is 1. The SMILES string of the molecule is O=C(O)C1C=NCC(O)C1=O. The van der Waals surface area contributed by atoms with Crippen molar-refractivity contribution in [2.75, 3.05) is 6.54 Å². The number of rotatable bonds is 1. The standard InChI is InChI=1S/C6H7NO4/c8-4-2-7-1-3(5(4)9)6(10)11/h1,3-4,8H,2H2,(H,10,11). The first-order valence-corrected chi connectivity index (χ1v) is 3.07. The van der Waals surface area contributed by atoms with Gasteiger partial charge >= 0.3 is 5.97 Å². The molecular formula is C6H7NO4. The van der Waals surface area contributed by atoms with Gasteiger partial charge in [0.25, 0.3) is 0 Å². The van der Waals surface area contributed by atoms with Crippen molar-refractivity contribution >= 4 is 18.0 Å². The molecule has 0 fully saturated rings. The number of aliphatic imine (C=N–C) groups is 1. The number of carbonyl (C=O) groups is 2. The summed E-state index contributed by atoms with van der Waals surface area (Å²) < 4.78 is 0. The van der Waals surface area contributed by atoms with Crippen molar-refractivity contribution in [3.8, 4) is 0 Å². The van der Waals surface area contributed by atoms with Gasteiger partial charge in [-0.1, -0.05) is 0 Å². The van der Waals surface area contributed by atoms with Crippen molar-refractivity contribution in [1.29, 1.82) is 0 Å². The Bertz CT molecular complexity index is 223. The quantitative estimate of drug-likeness (QED) is 0.463. The molecule has 0 amide bonds. The maximum absolute atomic E-state index is 10.8. The van der Waals surface area contributed by atoms with Crippen LogP contribution in [0, 0.1) is 5.92 Å². The van der Waals surface area contributed by atoms with Gasteiger partial charge in [-0.25, -0.2) is 0 Å². The number of aliphatic hydroxyl groups excluding tert-OH is 1. The number of aliphatic carboxylic acids is 1. The van der Waals surface area contributed by atoms with Crippen molar-refractivity contribution in [2.24, 2.45) is 10.9 Å². The van der Waals surface area contributed by atoms with Gasteiger partial charge in [-0.3, -0.25) is 14.6 Å². The lowest BCUT2D eigenvalue weighted by Crippen LogP contribution is -2.39. The van der Waals surface area contributed by atoms with E-state index in [4.69, 9.17) is 10.2 Å². The van der Waals surface area contributed by atoms with Crippen molar-refractivity contribution < 1.29 is 19.8 Å². The summed E-state index contributed by atoms with van der Waals surface area (Å²) in [7, 11) is 0.